The van der Waals surface area contributed by atoms with Gasteiger partial charge in [0.05, 0.1) is 5.82 Å². The number of aromatic nitrogens is 2. The molecule has 5 aromatic rings. The minimum absolute atomic E-state index is 0. The zero-order valence-corrected chi connectivity index (χ0v) is 16.4. The number of hydrogen-bond acceptors (Lipinski definition) is 2. The molecule has 4 heteroatoms. The van der Waals surface area contributed by atoms with Gasteiger partial charge in [0.25, 0.3) is 0 Å². The molecule has 0 aliphatic rings. The van der Waals surface area contributed by atoms with E-state index in [-0.39, 0.29) is 20.1 Å². The fourth-order valence-corrected chi connectivity index (χ4v) is 4.31. The standard InChI is InChI=1S/C21H13N2S.Ir/c1-2-7-15(8-3-1)21-22-13-14-23(21)17-10-6-12-19-20(17)16-9-4-5-11-18(16)24-19;/h1-7,9-14H;/q-1;. The monoisotopic (exact) mass is 518 g/mol. The molecule has 0 saturated heterocycles. The maximum atomic E-state index is 4.57. The average Bonchev–Trinajstić information content (AvgIpc) is 3.27. The second-order valence-corrected chi connectivity index (χ2v) is 6.73. The molecule has 2 nitrogen and oxygen atoms in total. The number of fused-ring (bicyclic) bond motifs is 3. The average molecular weight is 518 g/mol. The van der Waals surface area contributed by atoms with Crippen molar-refractivity contribution in [2.24, 2.45) is 0 Å². The van der Waals surface area contributed by atoms with Gasteiger partial charge in [0.1, 0.15) is 0 Å². The molecule has 0 bridgehead atoms. The molecule has 1 radical (unpaired) electrons. The van der Waals surface area contributed by atoms with Crippen LogP contribution in [-0.2, 0) is 20.1 Å². The van der Waals surface area contributed by atoms with Gasteiger partial charge in [-0.2, -0.15) is 0 Å². The minimum Gasteiger partial charge on any atom is -0.339 e. The first-order valence-electron chi connectivity index (χ1n) is 7.83. The van der Waals surface area contributed by atoms with Crippen LogP contribution in [0.2, 0.25) is 0 Å². The number of nitrogens with zero attached hydrogens (tertiary/aromatic N) is 2. The Morgan fingerprint density at radius 2 is 1.72 bits per heavy atom. The van der Waals surface area contributed by atoms with Gasteiger partial charge >= 0.3 is 0 Å². The Kier molecular flexibility index (Phi) is 4.26. The van der Waals surface area contributed by atoms with Crippen molar-refractivity contribution in [3.8, 4) is 17.1 Å². The van der Waals surface area contributed by atoms with Gasteiger partial charge in [0, 0.05) is 58.4 Å². The maximum Gasteiger partial charge on any atom is 0.0602 e. The van der Waals surface area contributed by atoms with Crippen LogP contribution in [0.15, 0.2) is 79.1 Å². The second-order valence-electron chi connectivity index (χ2n) is 5.65. The summed E-state index contributed by atoms with van der Waals surface area (Å²) in [6.07, 6.45) is 3.88. The van der Waals surface area contributed by atoms with Crippen molar-refractivity contribution in [2.45, 2.75) is 0 Å². The smallest absolute Gasteiger partial charge is 0.0602 e. The quantitative estimate of drug-likeness (QED) is 0.275. The van der Waals surface area contributed by atoms with E-state index in [0.29, 0.717) is 0 Å². The summed E-state index contributed by atoms with van der Waals surface area (Å²) in [6, 6.07) is 26.3. The van der Waals surface area contributed by atoms with Crippen LogP contribution in [0.1, 0.15) is 0 Å². The zero-order chi connectivity index (χ0) is 15.9. The van der Waals surface area contributed by atoms with E-state index in [1.54, 1.807) is 0 Å². The van der Waals surface area contributed by atoms with Crippen LogP contribution in [0.25, 0.3) is 37.2 Å². The summed E-state index contributed by atoms with van der Waals surface area (Å²) in [5.74, 6) is 0.915. The molecule has 0 saturated carbocycles. The van der Waals surface area contributed by atoms with Crippen LogP contribution in [0.5, 0.6) is 0 Å². The third-order valence-electron chi connectivity index (χ3n) is 4.23. The van der Waals surface area contributed by atoms with Crippen LogP contribution < -0.4 is 0 Å². The molecule has 0 unspecified atom stereocenters. The molecule has 0 aliphatic heterocycles. The van der Waals surface area contributed by atoms with Crippen molar-refractivity contribution in [1.82, 2.24) is 9.55 Å². The molecule has 123 valence electrons. The summed E-state index contributed by atoms with van der Waals surface area (Å²) in [4.78, 5) is 4.57. The van der Waals surface area contributed by atoms with Crippen molar-refractivity contribution >= 4 is 31.5 Å². The second kappa shape index (κ2) is 6.57. The summed E-state index contributed by atoms with van der Waals surface area (Å²) < 4.78 is 4.77. The normalized spacial score (nSPS) is 10.9. The Morgan fingerprint density at radius 1 is 0.880 bits per heavy atom. The summed E-state index contributed by atoms with van der Waals surface area (Å²) >= 11 is 1.83. The van der Waals surface area contributed by atoms with Gasteiger partial charge in [-0.15, -0.1) is 47.2 Å². The Bertz CT molecular complexity index is 1160. The Hall–Kier alpha value is -2.26. The van der Waals surface area contributed by atoms with Gasteiger partial charge in [-0.25, -0.2) is 0 Å². The van der Waals surface area contributed by atoms with Gasteiger partial charge < -0.3 is 4.57 Å². The Labute approximate surface area is 163 Å². The number of thiophene rings is 1. The van der Waals surface area contributed by atoms with E-state index >= 15 is 0 Å². The first-order valence-corrected chi connectivity index (χ1v) is 8.64. The van der Waals surface area contributed by atoms with Crippen LogP contribution >= 0.6 is 11.3 Å². The summed E-state index contributed by atoms with van der Waals surface area (Å²) in [5.41, 5.74) is 2.16. The van der Waals surface area contributed by atoms with Gasteiger partial charge in [-0.1, -0.05) is 24.3 Å². The third kappa shape index (κ3) is 2.63. The summed E-state index contributed by atoms with van der Waals surface area (Å²) in [5, 5.41) is 2.58. The molecule has 0 spiro atoms. The van der Waals surface area contributed by atoms with E-state index in [2.05, 4.69) is 58.1 Å². The first-order chi connectivity index (χ1) is 11.9. The van der Waals surface area contributed by atoms with Crippen molar-refractivity contribution in [2.75, 3.05) is 0 Å². The van der Waals surface area contributed by atoms with Crippen LogP contribution in [-0.4, -0.2) is 9.55 Å². The fourth-order valence-electron chi connectivity index (χ4n) is 3.19. The maximum absolute atomic E-state index is 4.57. The van der Waals surface area contributed by atoms with Crippen LogP contribution in [0.3, 0.4) is 0 Å². The number of benzene rings is 3. The van der Waals surface area contributed by atoms with Crippen molar-refractivity contribution in [3.63, 3.8) is 0 Å². The molecule has 0 amide bonds. The van der Waals surface area contributed by atoms with Crippen molar-refractivity contribution < 1.29 is 20.1 Å². The van der Waals surface area contributed by atoms with Crippen LogP contribution in [0, 0.1) is 6.07 Å². The van der Waals surface area contributed by atoms with Gasteiger partial charge in [0.15, 0.2) is 0 Å². The Balaban J connectivity index is 0.00000157. The van der Waals surface area contributed by atoms with E-state index in [0.717, 1.165) is 17.1 Å². The minimum atomic E-state index is 0. The van der Waals surface area contributed by atoms with E-state index < -0.39 is 0 Å². The van der Waals surface area contributed by atoms with Gasteiger partial charge in [-0.3, -0.25) is 4.98 Å². The Morgan fingerprint density at radius 3 is 2.60 bits per heavy atom. The molecule has 0 fully saturated rings. The van der Waals surface area contributed by atoms with Gasteiger partial charge in [0.2, 0.25) is 0 Å². The molecule has 2 aromatic heterocycles. The van der Waals surface area contributed by atoms with E-state index in [4.69, 9.17) is 0 Å². The van der Waals surface area contributed by atoms with Crippen molar-refractivity contribution in [1.29, 1.82) is 0 Å². The summed E-state index contributed by atoms with van der Waals surface area (Å²) in [7, 11) is 0. The summed E-state index contributed by atoms with van der Waals surface area (Å²) in [6.45, 7) is 0. The number of hydrogen-bond donors (Lipinski definition) is 0. The van der Waals surface area contributed by atoms with Gasteiger partial charge in [-0.05, 0) is 18.2 Å². The predicted molar refractivity (Wildman–Crippen MR) is 101 cm³/mol. The molecular weight excluding hydrogens is 505 g/mol. The molecule has 2 heterocycles. The molecule has 3 aromatic carbocycles. The van der Waals surface area contributed by atoms with Crippen molar-refractivity contribution in [3.05, 3.63) is 85.2 Å². The molecule has 0 aliphatic carbocycles. The number of imidazole rings is 1. The SMILES string of the molecule is [Ir].[c-]1ccccc1-c1nccn1-c1cccc2sc3ccccc3c12. The molecule has 0 atom stereocenters. The molecule has 0 N–H and O–H groups in total. The largest absolute Gasteiger partial charge is 0.339 e. The number of rotatable bonds is 2. The van der Waals surface area contributed by atoms with Crippen LogP contribution in [0.4, 0.5) is 0 Å². The van der Waals surface area contributed by atoms with E-state index in [1.807, 2.05) is 48.0 Å². The van der Waals surface area contributed by atoms with E-state index in [9.17, 15) is 0 Å². The zero-order valence-electron chi connectivity index (χ0n) is 13.1. The molecule has 25 heavy (non-hydrogen) atoms. The molecular formula is C21H13IrN2S-. The van der Waals surface area contributed by atoms with E-state index in [1.165, 1.54) is 20.2 Å². The fraction of sp³-hybridized carbons (Fsp3) is 0. The predicted octanol–water partition coefficient (Wildman–Crippen LogP) is 5.70. The first kappa shape index (κ1) is 16.2. The molecule has 5 rings (SSSR count). The topological polar surface area (TPSA) is 17.8 Å². The third-order valence-corrected chi connectivity index (χ3v) is 5.37.